The van der Waals surface area contributed by atoms with Gasteiger partial charge in [-0.2, -0.15) is 0 Å². The van der Waals surface area contributed by atoms with E-state index in [1.165, 1.54) is 32.4 Å². The van der Waals surface area contributed by atoms with Crippen molar-refractivity contribution < 1.29 is 84.3 Å². The molecule has 1 aromatic rings. The molecule has 2 saturated heterocycles. The Morgan fingerprint density at radius 1 is 0.796 bits per heavy atom. The molecule has 0 bridgehead atoms. The largest absolute Gasteiger partial charge is 0.504 e. The molecule has 17 heteroatoms. The molecule has 276 valence electrons. The molecule has 17 nitrogen and oxygen atoms in total. The second kappa shape index (κ2) is 17.0. The van der Waals surface area contributed by atoms with Crippen molar-refractivity contribution in [2.24, 2.45) is 11.8 Å². The Bertz CT molecular complexity index is 1300. The minimum atomic E-state index is -1.79. The van der Waals surface area contributed by atoms with Crippen LogP contribution in [0.25, 0.3) is 0 Å². The van der Waals surface area contributed by atoms with Crippen molar-refractivity contribution in [3.8, 4) is 11.5 Å². The third kappa shape index (κ3) is 9.14. The van der Waals surface area contributed by atoms with E-state index in [9.17, 15) is 55.9 Å². The number of benzene rings is 1. The van der Waals surface area contributed by atoms with Crippen LogP contribution in [0.2, 0.25) is 0 Å². The van der Waals surface area contributed by atoms with Gasteiger partial charge in [-0.25, -0.2) is 0 Å². The lowest BCUT2D eigenvalue weighted by atomic mass is 9.78. The fourth-order valence-electron chi connectivity index (χ4n) is 6.08. The molecule has 49 heavy (non-hydrogen) atoms. The van der Waals surface area contributed by atoms with E-state index in [0.29, 0.717) is 5.56 Å². The smallest absolute Gasteiger partial charge is 0.219 e. The molecule has 0 radical (unpaired) electrons. The Kier molecular flexibility index (Phi) is 13.5. The fourth-order valence-corrected chi connectivity index (χ4v) is 6.08. The minimum Gasteiger partial charge on any atom is -0.504 e. The SMILES string of the molecule is COC1=CC(O)(C[C@H](CO[C@@H]2O[C@H](CO)[C@@H](O)[C@H](O)[C@H]2O)[C@@H](CO[C@@H]2O[C@H](CO)[C@@H](O)[C@H](O)[C@H]2O)Cc2ccc(O)c(OC)c2)C=CC1=O. The van der Waals surface area contributed by atoms with Crippen LogP contribution in [0.5, 0.6) is 11.5 Å². The number of aliphatic hydroxyl groups excluding tert-OH is 8. The highest BCUT2D eigenvalue weighted by molar-refractivity contribution is 6.03. The fraction of sp³-hybridized carbons (Fsp3) is 0.656. The van der Waals surface area contributed by atoms with Crippen molar-refractivity contribution in [2.45, 2.75) is 79.9 Å². The number of phenolic OH excluding ortho intramolecular Hbond substituents is 1. The zero-order valence-electron chi connectivity index (χ0n) is 27.0. The summed E-state index contributed by atoms with van der Waals surface area (Å²) in [6.45, 7) is -2.01. The van der Waals surface area contributed by atoms with Crippen LogP contribution in [0, 0.1) is 11.8 Å². The molecule has 1 aliphatic carbocycles. The van der Waals surface area contributed by atoms with Crippen molar-refractivity contribution in [1.29, 1.82) is 0 Å². The Morgan fingerprint density at radius 2 is 1.35 bits per heavy atom. The number of hydrogen-bond acceptors (Lipinski definition) is 17. The van der Waals surface area contributed by atoms with Gasteiger partial charge in [-0.1, -0.05) is 6.07 Å². The zero-order valence-corrected chi connectivity index (χ0v) is 27.0. The predicted molar refractivity (Wildman–Crippen MR) is 164 cm³/mol. The minimum absolute atomic E-state index is 0.121. The van der Waals surface area contributed by atoms with Gasteiger partial charge in [0.1, 0.15) is 54.4 Å². The molecule has 0 aromatic heterocycles. The molecule has 2 heterocycles. The molecule has 0 saturated carbocycles. The van der Waals surface area contributed by atoms with Crippen LogP contribution >= 0.6 is 0 Å². The first-order chi connectivity index (χ1) is 23.2. The highest BCUT2D eigenvalue weighted by Crippen LogP contribution is 2.35. The van der Waals surface area contributed by atoms with Gasteiger partial charge >= 0.3 is 0 Å². The van der Waals surface area contributed by atoms with Crippen molar-refractivity contribution >= 4 is 5.78 Å². The van der Waals surface area contributed by atoms with E-state index >= 15 is 0 Å². The van der Waals surface area contributed by atoms with Gasteiger partial charge in [0.2, 0.25) is 5.78 Å². The second-order valence-corrected chi connectivity index (χ2v) is 12.4. The molecule has 1 unspecified atom stereocenters. The summed E-state index contributed by atoms with van der Waals surface area (Å²) in [5.41, 5.74) is -1.19. The molecule has 2 aliphatic heterocycles. The van der Waals surface area contributed by atoms with Crippen LogP contribution in [0.3, 0.4) is 0 Å². The average molecular weight is 703 g/mol. The molecule has 3 aliphatic rings. The third-order valence-corrected chi connectivity index (χ3v) is 9.01. The zero-order chi connectivity index (χ0) is 36.0. The lowest BCUT2D eigenvalue weighted by Crippen LogP contribution is -2.59. The van der Waals surface area contributed by atoms with E-state index in [1.54, 1.807) is 12.1 Å². The van der Waals surface area contributed by atoms with E-state index in [0.717, 1.165) is 6.08 Å². The van der Waals surface area contributed by atoms with E-state index < -0.39 is 97.8 Å². The summed E-state index contributed by atoms with van der Waals surface area (Å²) in [6, 6.07) is 4.56. The number of carbonyl (C=O) groups excluding carboxylic acids is 1. The number of rotatable bonds is 15. The van der Waals surface area contributed by atoms with Crippen molar-refractivity contribution in [3.05, 3.63) is 47.7 Å². The maximum Gasteiger partial charge on any atom is 0.219 e. The summed E-state index contributed by atoms with van der Waals surface area (Å²) in [6.07, 6.45) is -12.2. The summed E-state index contributed by atoms with van der Waals surface area (Å²) in [5.74, 6) is -2.13. The van der Waals surface area contributed by atoms with E-state index in [1.807, 2.05) is 0 Å². The maximum absolute atomic E-state index is 12.3. The van der Waals surface area contributed by atoms with Crippen LogP contribution < -0.4 is 4.74 Å². The van der Waals surface area contributed by atoms with Crippen molar-refractivity contribution in [2.75, 3.05) is 40.6 Å². The summed E-state index contributed by atoms with van der Waals surface area (Å²) >= 11 is 0. The Morgan fingerprint density at radius 3 is 1.86 bits per heavy atom. The molecule has 13 atom stereocenters. The van der Waals surface area contributed by atoms with Gasteiger partial charge in [-0.3, -0.25) is 4.79 Å². The van der Waals surface area contributed by atoms with Gasteiger partial charge in [-0.05, 0) is 60.6 Å². The highest BCUT2D eigenvalue weighted by atomic mass is 16.7. The van der Waals surface area contributed by atoms with Crippen LogP contribution in [0.4, 0.5) is 0 Å². The monoisotopic (exact) mass is 702 g/mol. The van der Waals surface area contributed by atoms with Crippen LogP contribution in [-0.4, -0.2) is 165 Å². The van der Waals surface area contributed by atoms with E-state index in [2.05, 4.69) is 0 Å². The topological polar surface area (TPSA) is 275 Å². The maximum atomic E-state index is 12.3. The molecular formula is C32H46O17. The van der Waals surface area contributed by atoms with Gasteiger partial charge in [-0.15, -0.1) is 0 Å². The Balaban J connectivity index is 1.68. The van der Waals surface area contributed by atoms with E-state index in [4.69, 9.17) is 28.4 Å². The van der Waals surface area contributed by atoms with Crippen LogP contribution in [-0.2, 0) is 34.9 Å². The number of hydrogen-bond donors (Lipinski definition) is 10. The third-order valence-electron chi connectivity index (χ3n) is 9.01. The molecule has 2 fully saturated rings. The summed E-state index contributed by atoms with van der Waals surface area (Å²) < 4.78 is 33.3. The first-order valence-corrected chi connectivity index (χ1v) is 15.7. The highest BCUT2D eigenvalue weighted by Gasteiger charge is 2.46. The Hall–Kier alpha value is -2.75. The van der Waals surface area contributed by atoms with E-state index in [-0.39, 0.29) is 43.3 Å². The predicted octanol–water partition coefficient (Wildman–Crippen LogP) is -3.40. The average Bonchev–Trinajstić information content (AvgIpc) is 3.09. The van der Waals surface area contributed by atoms with Gasteiger partial charge < -0.3 is 79.5 Å². The first kappa shape index (κ1) is 39.0. The Labute approximate surface area is 281 Å². The number of phenols is 1. The molecule has 10 N–H and O–H groups in total. The van der Waals surface area contributed by atoms with Gasteiger partial charge in [0.25, 0.3) is 0 Å². The number of aliphatic hydroxyl groups is 9. The van der Waals surface area contributed by atoms with Crippen LogP contribution in [0.15, 0.2) is 42.2 Å². The van der Waals surface area contributed by atoms with Gasteiger partial charge in [0.15, 0.2) is 29.8 Å². The van der Waals surface area contributed by atoms with Crippen molar-refractivity contribution in [3.63, 3.8) is 0 Å². The standard InChI is InChI=1S/C32H46O17/c1-44-20-8-15(3-4-18(20)35)7-16(13-46-30-28(41)26(39)24(37)22(11-33)48-30)17(9-32(43)6-5-19(36)21(10-32)45-2)14-47-31-29(42)27(40)25(38)23(12-34)49-31/h3-6,8,10,16-17,22-31,33-35,37-43H,7,9,11-14H2,1-2H3/t16-,17-,22-,23-,24-,25-,26+,27+,28-,29-,30-,31-,32?/m1/s1. The van der Waals surface area contributed by atoms with Crippen LogP contribution in [0.1, 0.15) is 12.0 Å². The number of ether oxygens (including phenoxy) is 6. The summed E-state index contributed by atoms with van der Waals surface area (Å²) in [7, 11) is 2.62. The van der Waals surface area contributed by atoms with Gasteiger partial charge in [0, 0.05) is 0 Å². The first-order valence-electron chi connectivity index (χ1n) is 15.7. The quantitative estimate of drug-likeness (QED) is 0.0853. The van der Waals surface area contributed by atoms with Gasteiger partial charge in [0.05, 0.1) is 40.6 Å². The number of methoxy groups -OCH3 is 2. The summed E-state index contributed by atoms with van der Waals surface area (Å²) in [4.78, 5) is 12.3. The molecule has 0 amide bonds. The number of allylic oxidation sites excluding steroid dienone is 1. The lowest BCUT2D eigenvalue weighted by molar-refractivity contribution is -0.309. The molecule has 4 rings (SSSR count). The number of ketones is 1. The molecule has 0 spiro atoms. The summed E-state index contributed by atoms with van der Waals surface area (Å²) in [5, 5.41) is 103. The second-order valence-electron chi connectivity index (χ2n) is 12.4. The normalized spacial score (nSPS) is 36.2. The number of carbonyl (C=O) groups is 1. The van der Waals surface area contributed by atoms with Crippen molar-refractivity contribution in [1.82, 2.24) is 0 Å². The number of aromatic hydroxyl groups is 1. The molecular weight excluding hydrogens is 656 g/mol. The molecule has 1 aromatic carbocycles. The lowest BCUT2D eigenvalue weighted by Gasteiger charge is -2.42.